The average Bonchev–Trinajstić information content (AvgIpc) is 3.37. The summed E-state index contributed by atoms with van der Waals surface area (Å²) in [6.07, 6.45) is 1.58. The third kappa shape index (κ3) is 6.05. The van der Waals surface area contributed by atoms with Crippen LogP contribution in [-0.4, -0.2) is 52.4 Å². The molecule has 1 aromatic carbocycles. The lowest BCUT2D eigenvalue weighted by Crippen LogP contribution is -2.34. The predicted molar refractivity (Wildman–Crippen MR) is 130 cm³/mol. The van der Waals surface area contributed by atoms with Crippen LogP contribution in [-0.2, 0) is 29.0 Å². The fraction of sp³-hybridized carbons (Fsp3) is 0.480. The molecule has 8 nitrogen and oxygen atoms in total. The number of rotatable bonds is 9. The summed E-state index contributed by atoms with van der Waals surface area (Å²) in [5, 5.41) is 12.7. The number of hydrogen-bond donors (Lipinski definition) is 1. The van der Waals surface area contributed by atoms with Crippen molar-refractivity contribution in [1.29, 1.82) is 0 Å². The van der Waals surface area contributed by atoms with Gasteiger partial charge in [-0.25, -0.2) is 0 Å². The Labute approximate surface area is 205 Å². The molecule has 0 aliphatic carbocycles. The monoisotopic (exact) mass is 485 g/mol. The molecule has 0 radical (unpaired) electrons. The lowest BCUT2D eigenvalue weighted by molar-refractivity contribution is -0.125. The van der Waals surface area contributed by atoms with Crippen molar-refractivity contribution in [3.05, 3.63) is 58.8 Å². The van der Waals surface area contributed by atoms with Gasteiger partial charge in [-0.2, -0.15) is 0 Å². The maximum Gasteiger partial charge on any atom is 0.246 e. The van der Waals surface area contributed by atoms with Gasteiger partial charge in [0, 0.05) is 43.8 Å². The number of fused-ring (bicyclic) bond motifs is 1. The molecule has 4 rings (SSSR count). The Morgan fingerprint density at radius 3 is 2.68 bits per heavy atom. The third-order valence-electron chi connectivity index (χ3n) is 5.95. The first-order valence-corrected chi connectivity index (χ1v) is 12.1. The molecule has 9 heteroatoms. The largest absolute Gasteiger partial charge is 0.460 e. The molecule has 34 heavy (non-hydrogen) atoms. The summed E-state index contributed by atoms with van der Waals surface area (Å²) < 4.78 is 13.3. The van der Waals surface area contributed by atoms with Crippen molar-refractivity contribution in [2.24, 2.45) is 5.92 Å². The van der Waals surface area contributed by atoms with Crippen molar-refractivity contribution in [2.75, 3.05) is 26.8 Å². The van der Waals surface area contributed by atoms with Crippen LogP contribution in [0.5, 0.6) is 0 Å². The fourth-order valence-electron chi connectivity index (χ4n) is 4.32. The minimum atomic E-state index is -0.192. The topological polar surface area (TPSA) is 85.4 Å². The van der Waals surface area contributed by atoms with Gasteiger partial charge in [0.1, 0.15) is 24.0 Å². The first-order valence-electron chi connectivity index (χ1n) is 11.7. The van der Waals surface area contributed by atoms with Crippen LogP contribution >= 0.6 is 11.6 Å². The van der Waals surface area contributed by atoms with Gasteiger partial charge in [-0.1, -0.05) is 25.4 Å². The Morgan fingerprint density at radius 1 is 1.15 bits per heavy atom. The summed E-state index contributed by atoms with van der Waals surface area (Å²) in [6, 6.07) is 11.5. The number of halogens is 1. The molecule has 0 fully saturated rings. The molecule has 0 spiro atoms. The highest BCUT2D eigenvalue weighted by Crippen LogP contribution is 2.26. The Kier molecular flexibility index (Phi) is 8.03. The second-order valence-corrected chi connectivity index (χ2v) is 9.54. The lowest BCUT2D eigenvalue weighted by Gasteiger charge is -2.22. The summed E-state index contributed by atoms with van der Waals surface area (Å²) in [5.74, 6) is 3.79. The summed E-state index contributed by atoms with van der Waals surface area (Å²) in [5.41, 5.74) is 1.01. The van der Waals surface area contributed by atoms with Gasteiger partial charge in [0.05, 0.1) is 12.6 Å². The van der Waals surface area contributed by atoms with Crippen LogP contribution in [0.2, 0.25) is 5.02 Å². The van der Waals surface area contributed by atoms with Crippen molar-refractivity contribution in [3.8, 4) is 11.3 Å². The Morgan fingerprint density at radius 2 is 1.94 bits per heavy atom. The highest BCUT2D eigenvalue weighted by atomic mass is 35.5. The van der Waals surface area contributed by atoms with Crippen molar-refractivity contribution < 1.29 is 13.9 Å². The Bertz CT molecular complexity index is 1090. The maximum atomic E-state index is 12.2. The van der Waals surface area contributed by atoms with Gasteiger partial charge >= 0.3 is 0 Å². The number of methoxy groups -OCH3 is 1. The first kappa shape index (κ1) is 24.4. The van der Waals surface area contributed by atoms with Gasteiger partial charge in [0.25, 0.3) is 0 Å². The van der Waals surface area contributed by atoms with E-state index in [-0.39, 0.29) is 18.6 Å². The summed E-state index contributed by atoms with van der Waals surface area (Å²) >= 11 is 6.00. The molecule has 0 saturated carbocycles. The van der Waals surface area contributed by atoms with Crippen LogP contribution in [0.1, 0.15) is 43.7 Å². The van der Waals surface area contributed by atoms with Gasteiger partial charge < -0.3 is 19.0 Å². The summed E-state index contributed by atoms with van der Waals surface area (Å²) in [7, 11) is 1.52. The highest BCUT2D eigenvalue weighted by Gasteiger charge is 2.26. The molecule has 0 bridgehead atoms. The van der Waals surface area contributed by atoms with E-state index in [0.717, 1.165) is 67.8 Å². The average molecular weight is 486 g/mol. The zero-order valence-corrected chi connectivity index (χ0v) is 20.7. The zero-order chi connectivity index (χ0) is 24.1. The van der Waals surface area contributed by atoms with E-state index in [1.54, 1.807) is 0 Å². The van der Waals surface area contributed by atoms with Gasteiger partial charge in [0.15, 0.2) is 5.82 Å². The van der Waals surface area contributed by atoms with E-state index in [1.807, 2.05) is 36.4 Å². The van der Waals surface area contributed by atoms with Crippen LogP contribution < -0.4 is 5.32 Å². The molecule has 1 aliphatic rings. The van der Waals surface area contributed by atoms with Crippen LogP contribution in [0.15, 0.2) is 40.8 Å². The van der Waals surface area contributed by atoms with Gasteiger partial charge in [-0.15, -0.1) is 10.2 Å². The molecule has 0 unspecified atom stereocenters. The molecule has 0 saturated heterocycles. The molecule has 3 heterocycles. The number of carbonyl (C=O) groups is 1. The van der Waals surface area contributed by atoms with Gasteiger partial charge in [-0.05, 0) is 48.7 Å². The molecule has 2 aromatic heterocycles. The second-order valence-electron chi connectivity index (χ2n) is 9.11. The van der Waals surface area contributed by atoms with Crippen molar-refractivity contribution in [3.63, 3.8) is 0 Å². The molecule has 1 amide bonds. The van der Waals surface area contributed by atoms with Crippen LogP contribution in [0.4, 0.5) is 0 Å². The zero-order valence-electron chi connectivity index (χ0n) is 20.0. The molecule has 1 N–H and O–H groups in total. The molecular formula is C25H32ClN5O3. The van der Waals surface area contributed by atoms with Crippen molar-refractivity contribution in [1.82, 2.24) is 25.0 Å². The maximum absolute atomic E-state index is 12.2. The first-order chi connectivity index (χ1) is 16.4. The minimum Gasteiger partial charge on any atom is -0.460 e. The smallest absolute Gasteiger partial charge is 0.246 e. The standard InChI is InChI=1S/C25H32ClN5O3/c1-17(2)14-21(27-24(32)16-33-3)25-29-28-23-10-11-30(12-13-31(23)25)15-20-8-9-22(34-20)18-4-6-19(26)7-5-18/h4-9,17,21H,10-16H2,1-3H3,(H,27,32)/t21-/m1/s1. The van der Waals surface area contributed by atoms with Gasteiger partial charge in [0.2, 0.25) is 5.91 Å². The number of ether oxygens (including phenoxy) is 1. The summed E-state index contributed by atoms with van der Waals surface area (Å²) in [4.78, 5) is 14.6. The van der Waals surface area contributed by atoms with E-state index in [2.05, 4.69) is 38.8 Å². The number of benzene rings is 1. The molecule has 1 aliphatic heterocycles. The van der Waals surface area contributed by atoms with E-state index in [0.29, 0.717) is 10.9 Å². The summed E-state index contributed by atoms with van der Waals surface area (Å²) in [6.45, 7) is 7.50. The SMILES string of the molecule is COCC(=O)N[C@H](CC(C)C)c1nnc2n1CCN(Cc1ccc(-c3ccc(Cl)cc3)o1)CC2. The Balaban J connectivity index is 1.43. The number of nitrogens with zero attached hydrogens (tertiary/aromatic N) is 4. The fourth-order valence-corrected chi connectivity index (χ4v) is 4.45. The number of hydrogen-bond acceptors (Lipinski definition) is 6. The van der Waals surface area contributed by atoms with Crippen molar-refractivity contribution in [2.45, 2.75) is 45.8 Å². The second kappa shape index (κ2) is 11.2. The van der Waals surface area contributed by atoms with Crippen LogP contribution in [0.25, 0.3) is 11.3 Å². The quantitative estimate of drug-likeness (QED) is 0.491. The third-order valence-corrected chi connectivity index (χ3v) is 6.20. The number of nitrogens with one attached hydrogen (secondary N) is 1. The van der Waals surface area contributed by atoms with E-state index < -0.39 is 0 Å². The van der Waals surface area contributed by atoms with Gasteiger partial charge in [-0.3, -0.25) is 9.69 Å². The molecular weight excluding hydrogens is 454 g/mol. The van der Waals surface area contributed by atoms with Crippen LogP contribution in [0, 0.1) is 5.92 Å². The normalized spacial score (nSPS) is 15.2. The lowest BCUT2D eigenvalue weighted by atomic mass is 10.0. The van der Waals surface area contributed by atoms with Crippen molar-refractivity contribution >= 4 is 17.5 Å². The number of aromatic nitrogens is 3. The van der Waals surface area contributed by atoms with E-state index in [9.17, 15) is 4.79 Å². The van der Waals surface area contributed by atoms with E-state index >= 15 is 0 Å². The predicted octanol–water partition coefficient (Wildman–Crippen LogP) is 4.10. The number of carbonyl (C=O) groups excluding carboxylic acids is 1. The van der Waals surface area contributed by atoms with Crippen LogP contribution in [0.3, 0.4) is 0 Å². The molecule has 3 aromatic rings. The number of amides is 1. The molecule has 182 valence electrons. The highest BCUT2D eigenvalue weighted by molar-refractivity contribution is 6.30. The minimum absolute atomic E-state index is 0.0323. The van der Waals surface area contributed by atoms with E-state index in [1.165, 1.54) is 7.11 Å². The van der Waals surface area contributed by atoms with E-state index in [4.69, 9.17) is 20.8 Å². The Hall–Kier alpha value is -2.68. The molecule has 1 atom stereocenters. The number of furan rings is 1.